The number of nitrogens with one attached hydrogen (secondary N) is 1. The molecule has 0 saturated carbocycles. The summed E-state index contributed by atoms with van der Waals surface area (Å²) in [5, 5.41) is 11.9. The molecule has 0 aliphatic heterocycles. The predicted molar refractivity (Wildman–Crippen MR) is 142 cm³/mol. The fraction of sp³-hybridized carbons (Fsp3) is 0.231. The Bertz CT molecular complexity index is 1500. The summed E-state index contributed by atoms with van der Waals surface area (Å²) in [6, 6.07) is 8.96. The van der Waals surface area contributed by atoms with E-state index < -0.39 is 23.1 Å². The number of hydrogen-bond donors (Lipinski definition) is 2. The van der Waals surface area contributed by atoms with Crippen LogP contribution in [0.2, 0.25) is 10.0 Å². The summed E-state index contributed by atoms with van der Waals surface area (Å²) in [6.45, 7) is 3.65. The Morgan fingerprint density at radius 2 is 1.65 bits per heavy atom. The molecule has 1 heterocycles. The number of carbonyl (C=O) groups is 2. The predicted octanol–water partition coefficient (Wildman–Crippen LogP) is 3.80. The smallest absolute Gasteiger partial charge is 0.354 e. The summed E-state index contributed by atoms with van der Waals surface area (Å²) in [5.41, 5.74) is 0.839. The lowest BCUT2D eigenvalue weighted by Gasteiger charge is -2.13. The first kappa shape index (κ1) is 27.8. The van der Waals surface area contributed by atoms with E-state index in [1.54, 1.807) is 38.2 Å². The van der Waals surface area contributed by atoms with E-state index in [2.05, 4.69) is 5.32 Å². The summed E-state index contributed by atoms with van der Waals surface area (Å²) in [6.07, 6.45) is 1.98. The van der Waals surface area contributed by atoms with Crippen LogP contribution in [0.15, 0.2) is 51.7 Å². The molecule has 0 radical (unpaired) electrons. The molecule has 194 valence electrons. The molecule has 11 heteroatoms. The average molecular weight is 546 g/mol. The lowest BCUT2D eigenvalue weighted by molar-refractivity contribution is -0.139. The van der Waals surface area contributed by atoms with Crippen LogP contribution in [-0.4, -0.2) is 32.7 Å². The van der Waals surface area contributed by atoms with Crippen LogP contribution >= 0.6 is 23.2 Å². The molecule has 0 aliphatic carbocycles. The minimum Gasteiger partial charge on any atom is -0.508 e. The summed E-state index contributed by atoms with van der Waals surface area (Å²) in [5.74, 6) is -1.75. The molecule has 0 saturated heterocycles. The lowest BCUT2D eigenvalue weighted by atomic mass is 10.0. The number of aromatic hydroxyl groups is 1. The van der Waals surface area contributed by atoms with Crippen molar-refractivity contribution in [3.05, 3.63) is 89.8 Å². The molecule has 2 N–H and O–H groups in total. The van der Waals surface area contributed by atoms with E-state index >= 15 is 0 Å². The topological polar surface area (TPSA) is 120 Å². The van der Waals surface area contributed by atoms with Gasteiger partial charge in [-0.25, -0.2) is 9.59 Å². The molecule has 9 nitrogen and oxygen atoms in total. The SMILES string of the molecule is CCCOC(=O)/C(=C/c1ccc(-c2c(C)n(C)c(=O)n(C)c2=O)cc1)NC(=O)c1c(Cl)cc(O)cc1Cl. The number of nitrogens with zero attached hydrogens (tertiary/aromatic N) is 2. The fourth-order valence-corrected chi connectivity index (χ4v) is 4.22. The molecule has 2 aromatic carbocycles. The Balaban J connectivity index is 2.00. The van der Waals surface area contributed by atoms with Crippen molar-refractivity contribution in [2.75, 3.05) is 6.61 Å². The van der Waals surface area contributed by atoms with E-state index in [0.717, 1.165) is 16.7 Å². The van der Waals surface area contributed by atoms with Crippen molar-refractivity contribution in [3.63, 3.8) is 0 Å². The van der Waals surface area contributed by atoms with Gasteiger partial charge in [0.15, 0.2) is 0 Å². The van der Waals surface area contributed by atoms with Crippen LogP contribution in [0.4, 0.5) is 0 Å². The first-order chi connectivity index (χ1) is 17.5. The Hall–Kier alpha value is -3.82. The number of halogens is 2. The van der Waals surface area contributed by atoms with Gasteiger partial charge in [-0.05, 0) is 42.7 Å². The molecule has 0 fully saturated rings. The van der Waals surface area contributed by atoms with Gasteiger partial charge in [-0.1, -0.05) is 54.4 Å². The molecule has 0 bridgehead atoms. The maximum absolute atomic E-state index is 12.9. The average Bonchev–Trinajstić information content (AvgIpc) is 2.84. The van der Waals surface area contributed by atoms with Crippen molar-refractivity contribution in [2.24, 2.45) is 14.1 Å². The zero-order valence-corrected chi connectivity index (χ0v) is 22.1. The van der Waals surface area contributed by atoms with Gasteiger partial charge in [0.05, 0.1) is 27.8 Å². The van der Waals surface area contributed by atoms with Crippen molar-refractivity contribution < 1.29 is 19.4 Å². The zero-order valence-electron chi connectivity index (χ0n) is 20.6. The molecular formula is C26H25Cl2N3O6. The maximum atomic E-state index is 12.9. The number of phenolic OH excluding ortho intramolecular Hbond substituents is 1. The number of benzene rings is 2. The molecule has 3 aromatic rings. The van der Waals surface area contributed by atoms with E-state index in [9.17, 15) is 24.3 Å². The Labute approximate surface area is 222 Å². The number of esters is 1. The maximum Gasteiger partial charge on any atom is 0.354 e. The molecule has 0 atom stereocenters. The highest BCUT2D eigenvalue weighted by Crippen LogP contribution is 2.30. The Kier molecular flexibility index (Phi) is 8.62. The first-order valence-electron chi connectivity index (χ1n) is 11.2. The Morgan fingerprint density at radius 3 is 2.22 bits per heavy atom. The summed E-state index contributed by atoms with van der Waals surface area (Å²) < 4.78 is 7.62. The van der Waals surface area contributed by atoms with Crippen LogP contribution < -0.4 is 16.6 Å². The molecule has 0 spiro atoms. The van der Waals surface area contributed by atoms with Gasteiger partial charge in [0.1, 0.15) is 11.4 Å². The molecule has 0 aliphatic rings. The van der Waals surface area contributed by atoms with Gasteiger partial charge in [-0.2, -0.15) is 0 Å². The van der Waals surface area contributed by atoms with Gasteiger partial charge in [-0.15, -0.1) is 0 Å². The van der Waals surface area contributed by atoms with Gasteiger partial charge in [0.25, 0.3) is 11.5 Å². The monoisotopic (exact) mass is 545 g/mol. The molecule has 1 aromatic heterocycles. The third kappa shape index (κ3) is 5.95. The highest BCUT2D eigenvalue weighted by molar-refractivity contribution is 6.40. The Morgan fingerprint density at radius 1 is 1.05 bits per heavy atom. The summed E-state index contributed by atoms with van der Waals surface area (Å²) >= 11 is 12.2. The van der Waals surface area contributed by atoms with Gasteiger partial charge in [0, 0.05) is 19.8 Å². The molecule has 1 amide bonds. The van der Waals surface area contributed by atoms with Crippen LogP contribution in [0.1, 0.15) is 35.0 Å². The van der Waals surface area contributed by atoms with Crippen molar-refractivity contribution in [2.45, 2.75) is 20.3 Å². The number of carbonyl (C=O) groups excluding carboxylic acids is 2. The van der Waals surface area contributed by atoms with Gasteiger partial charge in [-0.3, -0.25) is 14.2 Å². The van der Waals surface area contributed by atoms with Crippen LogP contribution in [0.25, 0.3) is 17.2 Å². The molecule has 3 rings (SSSR count). The van der Waals surface area contributed by atoms with E-state index in [0.29, 0.717) is 28.8 Å². The largest absolute Gasteiger partial charge is 0.508 e. The van der Waals surface area contributed by atoms with E-state index in [-0.39, 0.29) is 33.7 Å². The number of amides is 1. The van der Waals surface area contributed by atoms with Gasteiger partial charge < -0.3 is 19.7 Å². The number of ether oxygens (including phenoxy) is 1. The first-order valence-corrected chi connectivity index (χ1v) is 12.0. The second-order valence-electron chi connectivity index (χ2n) is 8.22. The quantitative estimate of drug-likeness (QED) is 0.344. The van der Waals surface area contributed by atoms with Crippen LogP contribution in [0.3, 0.4) is 0 Å². The number of rotatable bonds is 7. The second-order valence-corrected chi connectivity index (χ2v) is 9.04. The van der Waals surface area contributed by atoms with Crippen LogP contribution in [0.5, 0.6) is 5.75 Å². The third-order valence-corrected chi connectivity index (χ3v) is 6.22. The number of phenols is 1. The summed E-state index contributed by atoms with van der Waals surface area (Å²) in [4.78, 5) is 50.5. The molecule has 0 unspecified atom stereocenters. The standard InChI is InChI=1S/C26H25Cl2N3O6/c1-5-10-37-25(35)20(29-23(33)22-18(27)12-17(32)13-19(22)28)11-15-6-8-16(9-7-15)21-14(2)30(3)26(36)31(4)24(21)34/h6-9,11-13,32H,5,10H2,1-4H3,(H,29,33)/b20-11-. The third-order valence-electron chi connectivity index (χ3n) is 5.63. The van der Waals surface area contributed by atoms with E-state index in [4.69, 9.17) is 27.9 Å². The zero-order chi connectivity index (χ0) is 27.4. The van der Waals surface area contributed by atoms with E-state index in [1.807, 2.05) is 6.92 Å². The molecular weight excluding hydrogens is 521 g/mol. The van der Waals surface area contributed by atoms with E-state index in [1.165, 1.54) is 17.7 Å². The molecule has 37 heavy (non-hydrogen) atoms. The second kappa shape index (κ2) is 11.5. The van der Waals surface area contributed by atoms with Crippen LogP contribution in [-0.2, 0) is 23.6 Å². The van der Waals surface area contributed by atoms with Crippen LogP contribution in [0, 0.1) is 6.92 Å². The summed E-state index contributed by atoms with van der Waals surface area (Å²) in [7, 11) is 3.00. The minimum atomic E-state index is -0.770. The highest BCUT2D eigenvalue weighted by Gasteiger charge is 2.21. The lowest BCUT2D eigenvalue weighted by Crippen LogP contribution is -2.39. The normalized spacial score (nSPS) is 11.4. The fourth-order valence-electron chi connectivity index (χ4n) is 3.57. The van der Waals surface area contributed by atoms with Crippen molar-refractivity contribution in [1.82, 2.24) is 14.5 Å². The number of aromatic nitrogens is 2. The van der Waals surface area contributed by atoms with Gasteiger partial charge in [0.2, 0.25) is 0 Å². The number of hydrogen-bond acceptors (Lipinski definition) is 6. The van der Waals surface area contributed by atoms with Crippen molar-refractivity contribution in [1.29, 1.82) is 0 Å². The van der Waals surface area contributed by atoms with Crippen molar-refractivity contribution >= 4 is 41.2 Å². The highest BCUT2D eigenvalue weighted by atomic mass is 35.5. The van der Waals surface area contributed by atoms with Crippen molar-refractivity contribution in [3.8, 4) is 16.9 Å². The van der Waals surface area contributed by atoms with Gasteiger partial charge >= 0.3 is 11.7 Å². The minimum absolute atomic E-state index is 0.0951.